The van der Waals surface area contributed by atoms with Crippen molar-refractivity contribution in [3.8, 4) is 0 Å². The molecular weight excluding hydrogens is 234 g/mol. The van der Waals surface area contributed by atoms with Gasteiger partial charge in [0.25, 0.3) is 0 Å². The fourth-order valence-corrected chi connectivity index (χ4v) is 2.45. The van der Waals surface area contributed by atoms with Gasteiger partial charge in [-0.3, -0.25) is 9.59 Å². The van der Waals surface area contributed by atoms with Gasteiger partial charge in [0.05, 0.1) is 17.4 Å². The van der Waals surface area contributed by atoms with E-state index in [9.17, 15) is 14.7 Å². The highest BCUT2D eigenvalue weighted by Gasteiger charge is 2.38. The van der Waals surface area contributed by atoms with E-state index in [0.29, 0.717) is 25.7 Å². The molecule has 0 aromatic rings. The van der Waals surface area contributed by atoms with Crippen molar-refractivity contribution in [3.05, 3.63) is 0 Å². The first kappa shape index (κ1) is 15.0. The Kier molecular flexibility index (Phi) is 5.14. The van der Waals surface area contributed by atoms with Gasteiger partial charge >= 0.3 is 5.97 Å². The number of aliphatic carboxylic acids is 1. The second kappa shape index (κ2) is 6.18. The minimum absolute atomic E-state index is 0.196. The Bertz CT molecular complexity index is 312. The summed E-state index contributed by atoms with van der Waals surface area (Å²) >= 11 is 0. The van der Waals surface area contributed by atoms with Crippen LogP contribution in [0.1, 0.15) is 46.0 Å². The third-order valence-corrected chi connectivity index (χ3v) is 4.08. The summed E-state index contributed by atoms with van der Waals surface area (Å²) < 4.78 is 0. The van der Waals surface area contributed by atoms with E-state index in [1.807, 2.05) is 13.8 Å². The Morgan fingerprint density at radius 3 is 2.28 bits per heavy atom. The molecule has 0 spiro atoms. The quantitative estimate of drug-likeness (QED) is 0.666. The molecule has 1 aliphatic carbocycles. The molecule has 0 heterocycles. The molecule has 1 saturated carbocycles. The van der Waals surface area contributed by atoms with Crippen molar-refractivity contribution in [1.82, 2.24) is 5.32 Å². The summed E-state index contributed by atoms with van der Waals surface area (Å²) in [6.45, 7) is 3.93. The smallest absolute Gasteiger partial charge is 0.307 e. The zero-order valence-corrected chi connectivity index (χ0v) is 11.1. The molecule has 1 amide bonds. The van der Waals surface area contributed by atoms with Crippen molar-refractivity contribution >= 4 is 11.9 Å². The lowest BCUT2D eigenvalue weighted by Crippen LogP contribution is -2.45. The molecule has 1 rings (SSSR count). The van der Waals surface area contributed by atoms with Crippen LogP contribution < -0.4 is 5.32 Å². The monoisotopic (exact) mass is 257 g/mol. The lowest BCUT2D eigenvalue weighted by Gasteiger charge is -2.26. The van der Waals surface area contributed by atoms with E-state index in [0.717, 1.165) is 6.42 Å². The van der Waals surface area contributed by atoms with E-state index in [2.05, 4.69) is 5.32 Å². The van der Waals surface area contributed by atoms with Gasteiger partial charge in [-0.25, -0.2) is 0 Å². The lowest BCUT2D eigenvalue weighted by molar-refractivity contribution is -0.146. The van der Waals surface area contributed by atoms with Crippen molar-refractivity contribution < 1.29 is 19.8 Å². The van der Waals surface area contributed by atoms with Crippen LogP contribution in [0, 0.1) is 11.8 Å². The van der Waals surface area contributed by atoms with Crippen LogP contribution in [0.2, 0.25) is 0 Å². The Morgan fingerprint density at radius 2 is 1.78 bits per heavy atom. The van der Waals surface area contributed by atoms with Gasteiger partial charge in [0, 0.05) is 6.54 Å². The van der Waals surface area contributed by atoms with Crippen LogP contribution in [0.5, 0.6) is 0 Å². The minimum atomic E-state index is -0.895. The number of carbonyl (C=O) groups excluding carboxylic acids is 1. The molecule has 1 fully saturated rings. The number of carboxylic acids is 1. The molecule has 0 aliphatic heterocycles. The van der Waals surface area contributed by atoms with Gasteiger partial charge in [-0.15, -0.1) is 0 Å². The summed E-state index contributed by atoms with van der Waals surface area (Å²) in [5.74, 6) is -2.14. The van der Waals surface area contributed by atoms with Crippen LogP contribution in [0.15, 0.2) is 0 Å². The van der Waals surface area contributed by atoms with Crippen LogP contribution >= 0.6 is 0 Å². The predicted molar refractivity (Wildman–Crippen MR) is 67.0 cm³/mol. The topological polar surface area (TPSA) is 86.6 Å². The fourth-order valence-electron chi connectivity index (χ4n) is 2.45. The van der Waals surface area contributed by atoms with Crippen LogP contribution in [0.3, 0.4) is 0 Å². The maximum absolute atomic E-state index is 12.0. The van der Waals surface area contributed by atoms with Crippen LogP contribution in [0.4, 0.5) is 0 Å². The second-order valence-electron chi connectivity index (χ2n) is 5.13. The van der Waals surface area contributed by atoms with Gasteiger partial charge in [-0.05, 0) is 25.7 Å². The molecule has 0 radical (unpaired) electrons. The number of aliphatic hydroxyl groups is 1. The first-order chi connectivity index (χ1) is 8.43. The Labute approximate surface area is 108 Å². The van der Waals surface area contributed by atoms with Crippen LogP contribution in [-0.2, 0) is 9.59 Å². The largest absolute Gasteiger partial charge is 0.481 e. The molecule has 104 valence electrons. The van der Waals surface area contributed by atoms with Crippen molar-refractivity contribution in [1.29, 1.82) is 0 Å². The van der Waals surface area contributed by atoms with E-state index >= 15 is 0 Å². The zero-order valence-electron chi connectivity index (χ0n) is 11.1. The van der Waals surface area contributed by atoms with E-state index in [1.54, 1.807) is 0 Å². The van der Waals surface area contributed by atoms with Gasteiger partial charge in [0.15, 0.2) is 0 Å². The van der Waals surface area contributed by atoms with Gasteiger partial charge in [0.2, 0.25) is 5.91 Å². The van der Waals surface area contributed by atoms with Crippen molar-refractivity contribution in [2.24, 2.45) is 11.8 Å². The maximum atomic E-state index is 12.0. The van der Waals surface area contributed by atoms with E-state index < -0.39 is 23.4 Å². The highest BCUT2D eigenvalue weighted by atomic mass is 16.4. The second-order valence-corrected chi connectivity index (χ2v) is 5.13. The van der Waals surface area contributed by atoms with Gasteiger partial charge in [-0.2, -0.15) is 0 Å². The molecule has 0 aromatic heterocycles. The summed E-state index contributed by atoms with van der Waals surface area (Å²) in [5.41, 5.74) is -0.882. The van der Waals surface area contributed by atoms with Crippen LogP contribution in [0.25, 0.3) is 0 Å². The van der Waals surface area contributed by atoms with Crippen molar-refractivity contribution in [2.45, 2.75) is 51.6 Å². The fraction of sp³-hybridized carbons (Fsp3) is 0.846. The molecule has 1 aliphatic rings. The molecule has 0 aromatic carbocycles. The SMILES string of the molecule is CCC(O)(CC)CNC(=O)C1CCCC1C(=O)O. The number of hydrogen-bond acceptors (Lipinski definition) is 3. The predicted octanol–water partition coefficient (Wildman–Crippen LogP) is 1.15. The summed E-state index contributed by atoms with van der Waals surface area (Å²) in [5, 5.41) is 21.8. The molecule has 2 atom stereocenters. The Balaban J connectivity index is 2.53. The van der Waals surface area contributed by atoms with Crippen molar-refractivity contribution in [2.75, 3.05) is 6.54 Å². The summed E-state index contributed by atoms with van der Waals surface area (Å²) in [6, 6.07) is 0. The first-order valence-corrected chi connectivity index (χ1v) is 6.66. The highest BCUT2D eigenvalue weighted by molar-refractivity contribution is 5.85. The molecular formula is C13H23NO4. The van der Waals surface area contributed by atoms with Gasteiger partial charge in [-0.1, -0.05) is 20.3 Å². The molecule has 3 N–H and O–H groups in total. The van der Waals surface area contributed by atoms with E-state index in [4.69, 9.17) is 5.11 Å². The number of hydrogen-bond donors (Lipinski definition) is 3. The molecule has 2 unspecified atom stereocenters. The minimum Gasteiger partial charge on any atom is -0.481 e. The number of nitrogens with one attached hydrogen (secondary N) is 1. The summed E-state index contributed by atoms with van der Waals surface area (Å²) in [6.07, 6.45) is 3.10. The Hall–Kier alpha value is -1.10. The molecule has 18 heavy (non-hydrogen) atoms. The number of carboxylic acid groups (broad SMARTS) is 1. The third kappa shape index (κ3) is 3.45. The third-order valence-electron chi connectivity index (χ3n) is 4.08. The van der Waals surface area contributed by atoms with Crippen molar-refractivity contribution in [3.63, 3.8) is 0 Å². The van der Waals surface area contributed by atoms with E-state index in [1.165, 1.54) is 0 Å². The first-order valence-electron chi connectivity index (χ1n) is 6.66. The lowest BCUT2D eigenvalue weighted by atomic mass is 9.93. The molecule has 0 saturated heterocycles. The number of rotatable bonds is 6. The van der Waals surface area contributed by atoms with Gasteiger partial charge < -0.3 is 15.5 Å². The van der Waals surface area contributed by atoms with E-state index in [-0.39, 0.29) is 12.5 Å². The number of carbonyl (C=O) groups is 2. The normalized spacial score (nSPS) is 23.9. The number of amides is 1. The standard InChI is InChI=1S/C13H23NO4/c1-3-13(18,4-2)8-14-11(15)9-6-5-7-10(9)12(16)17/h9-10,18H,3-8H2,1-2H3,(H,14,15)(H,16,17). The molecule has 0 bridgehead atoms. The molecule has 5 heteroatoms. The Morgan fingerprint density at radius 1 is 1.22 bits per heavy atom. The average Bonchev–Trinajstić information content (AvgIpc) is 2.85. The average molecular weight is 257 g/mol. The molecule has 5 nitrogen and oxygen atoms in total. The zero-order chi connectivity index (χ0) is 13.8. The summed E-state index contributed by atoms with van der Waals surface area (Å²) in [7, 11) is 0. The summed E-state index contributed by atoms with van der Waals surface area (Å²) in [4.78, 5) is 23.0. The van der Waals surface area contributed by atoms with Gasteiger partial charge in [0.1, 0.15) is 0 Å². The van der Waals surface area contributed by atoms with Crippen LogP contribution in [-0.4, -0.2) is 34.2 Å². The maximum Gasteiger partial charge on any atom is 0.307 e. The highest BCUT2D eigenvalue weighted by Crippen LogP contribution is 2.32.